The molecule has 0 radical (unpaired) electrons. The zero-order valence-corrected chi connectivity index (χ0v) is 11.4. The van der Waals surface area contributed by atoms with Crippen LogP contribution in [0.4, 0.5) is 10.1 Å². The molecule has 2 aromatic heterocycles. The molecular formula is C13H20FN5. The lowest BCUT2D eigenvalue weighted by Gasteiger charge is -2.14. The second-order valence-electron chi connectivity index (χ2n) is 4.56. The smallest absolute Gasteiger partial charge is 0.109 e. The molecule has 0 unspecified atom stereocenters. The second-order valence-corrected chi connectivity index (χ2v) is 4.56. The number of aromatic nitrogens is 4. The van der Waals surface area contributed by atoms with Crippen LogP contribution in [0.1, 0.15) is 32.0 Å². The number of anilines is 1. The SMILES string of the molecule is CC[C@H](C)n1nccc1CNc1cnn(CCF)c1. The Morgan fingerprint density at radius 1 is 1.42 bits per heavy atom. The third-order valence-corrected chi connectivity index (χ3v) is 3.18. The minimum Gasteiger partial charge on any atom is -0.377 e. The molecule has 2 heterocycles. The molecule has 0 saturated heterocycles. The second kappa shape index (κ2) is 6.36. The molecule has 5 nitrogen and oxygen atoms in total. The van der Waals surface area contributed by atoms with Gasteiger partial charge in [0.15, 0.2) is 0 Å². The predicted octanol–water partition coefficient (Wildman–Crippen LogP) is 2.63. The summed E-state index contributed by atoms with van der Waals surface area (Å²) in [4.78, 5) is 0. The van der Waals surface area contributed by atoms with Gasteiger partial charge in [-0.3, -0.25) is 9.36 Å². The van der Waals surface area contributed by atoms with Crippen molar-refractivity contribution in [3.05, 3.63) is 30.4 Å². The van der Waals surface area contributed by atoms with Gasteiger partial charge in [-0.05, 0) is 19.4 Å². The zero-order chi connectivity index (χ0) is 13.7. The molecular weight excluding hydrogens is 245 g/mol. The summed E-state index contributed by atoms with van der Waals surface area (Å²) in [7, 11) is 0. The van der Waals surface area contributed by atoms with E-state index >= 15 is 0 Å². The van der Waals surface area contributed by atoms with Gasteiger partial charge in [-0.2, -0.15) is 10.2 Å². The van der Waals surface area contributed by atoms with Gasteiger partial charge in [0.25, 0.3) is 0 Å². The summed E-state index contributed by atoms with van der Waals surface area (Å²) in [5.74, 6) is 0. The van der Waals surface area contributed by atoms with Gasteiger partial charge in [-0.15, -0.1) is 0 Å². The third-order valence-electron chi connectivity index (χ3n) is 3.18. The largest absolute Gasteiger partial charge is 0.377 e. The Morgan fingerprint density at radius 3 is 3.00 bits per heavy atom. The maximum absolute atomic E-state index is 12.2. The van der Waals surface area contributed by atoms with E-state index in [9.17, 15) is 4.39 Å². The lowest BCUT2D eigenvalue weighted by molar-refractivity contribution is 0.427. The van der Waals surface area contributed by atoms with Crippen molar-refractivity contribution >= 4 is 5.69 Å². The first-order chi connectivity index (χ1) is 9.24. The van der Waals surface area contributed by atoms with Crippen LogP contribution >= 0.6 is 0 Å². The van der Waals surface area contributed by atoms with Crippen LogP contribution in [-0.4, -0.2) is 26.2 Å². The molecule has 0 saturated carbocycles. The van der Waals surface area contributed by atoms with Crippen molar-refractivity contribution in [2.45, 2.75) is 39.4 Å². The molecule has 0 spiro atoms. The third kappa shape index (κ3) is 3.33. The first kappa shape index (κ1) is 13.6. The molecule has 0 bridgehead atoms. The predicted molar refractivity (Wildman–Crippen MR) is 72.8 cm³/mol. The highest BCUT2D eigenvalue weighted by Crippen LogP contribution is 2.14. The Bertz CT molecular complexity index is 505. The summed E-state index contributed by atoms with van der Waals surface area (Å²) in [6.45, 7) is 4.88. The van der Waals surface area contributed by atoms with Crippen molar-refractivity contribution in [3.63, 3.8) is 0 Å². The van der Waals surface area contributed by atoms with E-state index in [0.29, 0.717) is 19.1 Å². The first-order valence-electron chi connectivity index (χ1n) is 6.59. The van der Waals surface area contributed by atoms with Crippen molar-refractivity contribution in [2.75, 3.05) is 12.0 Å². The molecule has 6 heteroatoms. The van der Waals surface area contributed by atoms with Crippen LogP contribution in [0.25, 0.3) is 0 Å². The normalized spacial score (nSPS) is 12.6. The van der Waals surface area contributed by atoms with Crippen molar-refractivity contribution in [2.24, 2.45) is 0 Å². The Balaban J connectivity index is 1.96. The molecule has 2 aromatic rings. The van der Waals surface area contributed by atoms with Crippen LogP contribution in [0, 0.1) is 0 Å². The summed E-state index contributed by atoms with van der Waals surface area (Å²) in [6.07, 6.45) is 6.38. The summed E-state index contributed by atoms with van der Waals surface area (Å²) >= 11 is 0. The lowest BCUT2D eigenvalue weighted by atomic mass is 10.2. The molecule has 0 aliphatic heterocycles. The number of alkyl halides is 1. The van der Waals surface area contributed by atoms with E-state index in [2.05, 4.69) is 29.4 Å². The van der Waals surface area contributed by atoms with Gasteiger partial charge >= 0.3 is 0 Å². The number of halogens is 1. The number of nitrogens with one attached hydrogen (secondary N) is 1. The molecule has 0 fully saturated rings. The van der Waals surface area contributed by atoms with E-state index in [-0.39, 0.29) is 0 Å². The molecule has 0 aliphatic carbocycles. The fourth-order valence-electron chi connectivity index (χ4n) is 1.91. The molecule has 2 rings (SSSR count). The van der Waals surface area contributed by atoms with Gasteiger partial charge in [0.1, 0.15) is 6.67 Å². The monoisotopic (exact) mass is 265 g/mol. The van der Waals surface area contributed by atoms with E-state index in [0.717, 1.165) is 17.8 Å². The topological polar surface area (TPSA) is 47.7 Å². The van der Waals surface area contributed by atoms with Crippen LogP contribution in [0.2, 0.25) is 0 Å². The van der Waals surface area contributed by atoms with E-state index in [1.807, 2.05) is 23.1 Å². The molecule has 1 atom stereocenters. The minimum atomic E-state index is -0.401. The molecule has 0 aromatic carbocycles. The average molecular weight is 265 g/mol. The van der Waals surface area contributed by atoms with E-state index in [1.54, 1.807) is 10.9 Å². The minimum absolute atomic E-state index is 0.298. The summed E-state index contributed by atoms with van der Waals surface area (Å²) in [6, 6.07) is 2.39. The zero-order valence-electron chi connectivity index (χ0n) is 11.4. The van der Waals surface area contributed by atoms with Gasteiger partial charge in [-0.25, -0.2) is 4.39 Å². The van der Waals surface area contributed by atoms with E-state index in [1.165, 1.54) is 0 Å². The van der Waals surface area contributed by atoms with Gasteiger partial charge in [-0.1, -0.05) is 6.92 Å². The number of hydrogen-bond acceptors (Lipinski definition) is 3. The van der Waals surface area contributed by atoms with Crippen LogP contribution in [0.5, 0.6) is 0 Å². The molecule has 19 heavy (non-hydrogen) atoms. The van der Waals surface area contributed by atoms with Crippen molar-refractivity contribution < 1.29 is 4.39 Å². The maximum Gasteiger partial charge on any atom is 0.109 e. The lowest BCUT2D eigenvalue weighted by Crippen LogP contribution is -2.12. The molecule has 104 valence electrons. The fraction of sp³-hybridized carbons (Fsp3) is 0.538. The van der Waals surface area contributed by atoms with Crippen LogP contribution < -0.4 is 5.32 Å². The summed E-state index contributed by atoms with van der Waals surface area (Å²) in [5, 5.41) is 11.7. The Morgan fingerprint density at radius 2 is 2.26 bits per heavy atom. The van der Waals surface area contributed by atoms with Crippen LogP contribution in [0.15, 0.2) is 24.7 Å². The standard InChI is InChI=1S/C13H20FN5/c1-3-11(2)19-13(4-6-16-19)9-15-12-8-17-18(10-12)7-5-14/h4,6,8,10-11,15H,3,5,7,9H2,1-2H3/t11-/m0/s1. The Labute approximate surface area is 112 Å². The van der Waals surface area contributed by atoms with Crippen molar-refractivity contribution in [3.8, 4) is 0 Å². The number of hydrogen-bond donors (Lipinski definition) is 1. The van der Waals surface area contributed by atoms with E-state index in [4.69, 9.17) is 0 Å². The highest BCUT2D eigenvalue weighted by molar-refractivity contribution is 5.38. The average Bonchev–Trinajstić information content (AvgIpc) is 3.04. The summed E-state index contributed by atoms with van der Waals surface area (Å²) < 4.78 is 15.8. The van der Waals surface area contributed by atoms with Gasteiger partial charge in [0.05, 0.1) is 30.7 Å². The number of nitrogens with zero attached hydrogens (tertiary/aromatic N) is 4. The molecule has 1 N–H and O–H groups in total. The molecule has 0 amide bonds. The van der Waals surface area contributed by atoms with Crippen LogP contribution in [-0.2, 0) is 13.1 Å². The van der Waals surface area contributed by atoms with Gasteiger partial charge < -0.3 is 5.32 Å². The highest BCUT2D eigenvalue weighted by atomic mass is 19.1. The Kier molecular flexibility index (Phi) is 4.54. The Hall–Kier alpha value is -1.85. The van der Waals surface area contributed by atoms with E-state index < -0.39 is 6.67 Å². The fourth-order valence-corrected chi connectivity index (χ4v) is 1.91. The highest BCUT2D eigenvalue weighted by Gasteiger charge is 2.08. The molecule has 0 aliphatic rings. The van der Waals surface area contributed by atoms with Crippen molar-refractivity contribution in [1.29, 1.82) is 0 Å². The van der Waals surface area contributed by atoms with Gasteiger partial charge in [0, 0.05) is 18.4 Å². The number of rotatable bonds is 7. The maximum atomic E-state index is 12.2. The first-order valence-corrected chi connectivity index (χ1v) is 6.59. The van der Waals surface area contributed by atoms with Crippen LogP contribution in [0.3, 0.4) is 0 Å². The number of aryl methyl sites for hydroxylation is 1. The summed E-state index contributed by atoms with van der Waals surface area (Å²) in [5.41, 5.74) is 2.03. The van der Waals surface area contributed by atoms with Gasteiger partial charge in [0.2, 0.25) is 0 Å². The van der Waals surface area contributed by atoms with Crippen molar-refractivity contribution in [1.82, 2.24) is 19.6 Å². The quantitative estimate of drug-likeness (QED) is 0.837.